The highest BCUT2D eigenvalue weighted by atomic mass is 35.5. The molecular formula is C14H22ClN3. The van der Waals surface area contributed by atoms with Gasteiger partial charge in [0.05, 0.1) is 17.4 Å². The Morgan fingerprint density at radius 1 is 1.28 bits per heavy atom. The quantitative estimate of drug-likeness (QED) is 0.871. The van der Waals surface area contributed by atoms with Gasteiger partial charge in [0.1, 0.15) is 0 Å². The lowest BCUT2D eigenvalue weighted by Crippen LogP contribution is -2.29. The van der Waals surface area contributed by atoms with Crippen molar-refractivity contribution in [1.82, 2.24) is 9.97 Å². The summed E-state index contributed by atoms with van der Waals surface area (Å²) in [6.07, 6.45) is 9.93. The molecule has 1 aromatic heterocycles. The highest BCUT2D eigenvalue weighted by Gasteiger charge is 2.34. The van der Waals surface area contributed by atoms with Crippen LogP contribution in [0, 0.1) is 11.3 Å². The van der Waals surface area contributed by atoms with E-state index in [2.05, 4.69) is 29.1 Å². The van der Waals surface area contributed by atoms with E-state index in [-0.39, 0.29) is 0 Å². The Hall–Kier alpha value is -0.830. The van der Waals surface area contributed by atoms with E-state index in [1.807, 2.05) is 0 Å². The van der Waals surface area contributed by atoms with Crippen molar-refractivity contribution in [2.24, 2.45) is 11.3 Å². The molecule has 0 aliphatic heterocycles. The first kappa shape index (κ1) is 13.6. The minimum Gasteiger partial charge on any atom is -0.354 e. The molecule has 1 aliphatic rings. The Morgan fingerprint density at radius 3 is 2.44 bits per heavy atom. The third-order valence-corrected chi connectivity index (χ3v) is 3.94. The first-order chi connectivity index (χ1) is 8.60. The fourth-order valence-corrected chi connectivity index (χ4v) is 3.21. The minimum absolute atomic E-state index is 0.442. The molecule has 0 unspecified atom stereocenters. The second-order valence-corrected chi connectivity index (χ2v) is 6.32. The molecule has 1 saturated carbocycles. The number of anilines is 1. The second kappa shape index (κ2) is 5.87. The Morgan fingerprint density at radius 2 is 1.89 bits per heavy atom. The van der Waals surface area contributed by atoms with Crippen LogP contribution in [-0.4, -0.2) is 16.5 Å². The number of halogens is 1. The zero-order chi connectivity index (χ0) is 13.0. The molecule has 1 fully saturated rings. The van der Waals surface area contributed by atoms with Gasteiger partial charge >= 0.3 is 0 Å². The number of nitrogens with one attached hydrogen (secondary N) is 1. The molecule has 0 atom stereocenters. The van der Waals surface area contributed by atoms with Gasteiger partial charge in [-0.15, -0.1) is 0 Å². The van der Waals surface area contributed by atoms with E-state index in [1.54, 1.807) is 12.4 Å². The van der Waals surface area contributed by atoms with Gasteiger partial charge in [-0.1, -0.05) is 38.3 Å². The van der Waals surface area contributed by atoms with Crippen LogP contribution in [0.5, 0.6) is 0 Å². The maximum Gasteiger partial charge on any atom is 0.222 e. The van der Waals surface area contributed by atoms with Crippen LogP contribution in [0.1, 0.15) is 46.0 Å². The highest BCUT2D eigenvalue weighted by molar-refractivity contribution is 6.30. The molecule has 0 bridgehead atoms. The van der Waals surface area contributed by atoms with Crippen molar-refractivity contribution in [1.29, 1.82) is 0 Å². The number of hydrogen-bond acceptors (Lipinski definition) is 3. The molecule has 1 heterocycles. The standard InChI is InChI=1S/C14H22ClN3/c1-11(2)7-14(5-3-4-6-14)10-18-13-16-8-12(15)9-17-13/h8-9,11H,3-7,10H2,1-2H3,(H,16,17,18). The van der Waals surface area contributed by atoms with Gasteiger partial charge in [0.2, 0.25) is 5.95 Å². The second-order valence-electron chi connectivity index (χ2n) is 5.88. The molecule has 3 nitrogen and oxygen atoms in total. The van der Waals surface area contributed by atoms with Crippen LogP contribution in [0.15, 0.2) is 12.4 Å². The summed E-state index contributed by atoms with van der Waals surface area (Å²) in [6, 6.07) is 0. The third kappa shape index (κ3) is 3.58. The molecule has 0 aromatic carbocycles. The molecule has 1 N–H and O–H groups in total. The van der Waals surface area contributed by atoms with Gasteiger partial charge in [-0.3, -0.25) is 0 Å². The van der Waals surface area contributed by atoms with Crippen molar-refractivity contribution in [2.45, 2.75) is 46.0 Å². The summed E-state index contributed by atoms with van der Waals surface area (Å²) in [5.41, 5.74) is 0.442. The molecule has 4 heteroatoms. The molecule has 18 heavy (non-hydrogen) atoms. The van der Waals surface area contributed by atoms with Gasteiger partial charge in [0, 0.05) is 6.54 Å². The topological polar surface area (TPSA) is 37.8 Å². The first-order valence-corrected chi connectivity index (χ1v) is 7.19. The number of aromatic nitrogens is 2. The van der Waals surface area contributed by atoms with Crippen LogP contribution in [0.4, 0.5) is 5.95 Å². The molecule has 100 valence electrons. The Labute approximate surface area is 114 Å². The average Bonchev–Trinajstić information content (AvgIpc) is 2.76. The van der Waals surface area contributed by atoms with Gasteiger partial charge in [0.25, 0.3) is 0 Å². The monoisotopic (exact) mass is 267 g/mol. The molecular weight excluding hydrogens is 246 g/mol. The largest absolute Gasteiger partial charge is 0.354 e. The first-order valence-electron chi connectivity index (χ1n) is 6.81. The fourth-order valence-electron chi connectivity index (χ4n) is 3.11. The van der Waals surface area contributed by atoms with Gasteiger partial charge < -0.3 is 5.32 Å². The van der Waals surface area contributed by atoms with Gasteiger partial charge in [-0.05, 0) is 30.6 Å². The molecule has 0 radical (unpaired) electrons. The third-order valence-electron chi connectivity index (χ3n) is 3.75. The lowest BCUT2D eigenvalue weighted by molar-refractivity contribution is 0.252. The smallest absolute Gasteiger partial charge is 0.222 e. The van der Waals surface area contributed by atoms with Crippen molar-refractivity contribution in [3.05, 3.63) is 17.4 Å². The summed E-state index contributed by atoms with van der Waals surface area (Å²) in [5, 5.41) is 3.96. The zero-order valence-electron chi connectivity index (χ0n) is 11.2. The van der Waals surface area contributed by atoms with E-state index >= 15 is 0 Å². The lowest BCUT2D eigenvalue weighted by Gasteiger charge is -2.31. The van der Waals surface area contributed by atoms with Crippen LogP contribution in [-0.2, 0) is 0 Å². The summed E-state index contributed by atoms with van der Waals surface area (Å²) in [6.45, 7) is 5.59. The zero-order valence-corrected chi connectivity index (χ0v) is 12.0. The molecule has 0 amide bonds. The Bertz CT molecular complexity index is 369. The van der Waals surface area contributed by atoms with Gasteiger partial charge in [-0.25, -0.2) is 9.97 Å². The SMILES string of the molecule is CC(C)CC1(CNc2ncc(Cl)cn2)CCCC1. The minimum atomic E-state index is 0.442. The summed E-state index contributed by atoms with van der Waals surface area (Å²) in [4.78, 5) is 8.39. The van der Waals surface area contributed by atoms with E-state index in [9.17, 15) is 0 Å². The fraction of sp³-hybridized carbons (Fsp3) is 0.714. The van der Waals surface area contributed by atoms with Crippen molar-refractivity contribution in [2.75, 3.05) is 11.9 Å². The summed E-state index contributed by atoms with van der Waals surface area (Å²) in [7, 11) is 0. The van der Waals surface area contributed by atoms with Crippen molar-refractivity contribution >= 4 is 17.5 Å². The van der Waals surface area contributed by atoms with E-state index < -0.39 is 0 Å². The van der Waals surface area contributed by atoms with Crippen molar-refractivity contribution in [3.8, 4) is 0 Å². The van der Waals surface area contributed by atoms with Crippen LogP contribution >= 0.6 is 11.6 Å². The van der Waals surface area contributed by atoms with Gasteiger partial charge in [0.15, 0.2) is 0 Å². The van der Waals surface area contributed by atoms with Crippen LogP contribution < -0.4 is 5.32 Å². The molecule has 0 saturated heterocycles. The summed E-state index contributed by atoms with van der Waals surface area (Å²) >= 11 is 5.78. The van der Waals surface area contributed by atoms with Crippen LogP contribution in [0.2, 0.25) is 5.02 Å². The molecule has 2 rings (SSSR count). The predicted octanol–water partition coefficient (Wildman–Crippen LogP) is 4.15. The normalized spacial score (nSPS) is 18.2. The molecule has 1 aromatic rings. The summed E-state index contributed by atoms with van der Waals surface area (Å²) < 4.78 is 0. The lowest BCUT2D eigenvalue weighted by atomic mass is 9.78. The average molecular weight is 268 g/mol. The van der Waals surface area contributed by atoms with Gasteiger partial charge in [-0.2, -0.15) is 0 Å². The maximum absolute atomic E-state index is 5.78. The predicted molar refractivity (Wildman–Crippen MR) is 75.9 cm³/mol. The maximum atomic E-state index is 5.78. The number of nitrogens with zero attached hydrogens (tertiary/aromatic N) is 2. The van der Waals surface area contributed by atoms with E-state index in [4.69, 9.17) is 11.6 Å². The highest BCUT2D eigenvalue weighted by Crippen LogP contribution is 2.43. The summed E-state index contributed by atoms with van der Waals surface area (Å²) in [5.74, 6) is 1.44. The number of rotatable bonds is 5. The van der Waals surface area contributed by atoms with Crippen LogP contribution in [0.3, 0.4) is 0 Å². The Kier molecular flexibility index (Phi) is 4.44. The van der Waals surface area contributed by atoms with Crippen molar-refractivity contribution < 1.29 is 0 Å². The molecule has 1 aliphatic carbocycles. The van der Waals surface area contributed by atoms with Crippen molar-refractivity contribution in [3.63, 3.8) is 0 Å². The van der Waals surface area contributed by atoms with E-state index in [0.717, 1.165) is 12.5 Å². The molecule has 0 spiro atoms. The van der Waals surface area contributed by atoms with E-state index in [1.165, 1.54) is 32.1 Å². The number of hydrogen-bond donors (Lipinski definition) is 1. The van der Waals surface area contributed by atoms with E-state index in [0.29, 0.717) is 16.4 Å². The van der Waals surface area contributed by atoms with Crippen LogP contribution in [0.25, 0.3) is 0 Å². The Balaban J connectivity index is 1.95.